The Hall–Kier alpha value is -1.88. The average molecular weight is 284 g/mol. The summed E-state index contributed by atoms with van der Waals surface area (Å²) >= 11 is 5.59. The van der Waals surface area contributed by atoms with Crippen molar-refractivity contribution in [3.63, 3.8) is 0 Å². The van der Waals surface area contributed by atoms with Crippen molar-refractivity contribution in [1.82, 2.24) is 4.98 Å². The van der Waals surface area contributed by atoms with E-state index in [2.05, 4.69) is 9.72 Å². The summed E-state index contributed by atoms with van der Waals surface area (Å²) in [7, 11) is 2.88. The Kier molecular flexibility index (Phi) is 4.16. The summed E-state index contributed by atoms with van der Waals surface area (Å²) in [6.07, 6.45) is 0. The monoisotopic (exact) mass is 283 g/mol. The number of carbonyl (C=O) groups is 1. The third kappa shape index (κ3) is 2.61. The number of nitrogens with one attached hydrogen (secondary N) is 1. The molecule has 1 aromatic carbocycles. The van der Waals surface area contributed by atoms with E-state index < -0.39 is 5.97 Å². The lowest BCUT2D eigenvalue weighted by atomic mass is 10.2. The molecular formula is C13H14ClNO4. The quantitative estimate of drug-likeness (QED) is 0.677. The number of ether oxygens (including phenoxy) is 3. The third-order valence-corrected chi connectivity index (χ3v) is 2.81. The first-order valence-corrected chi connectivity index (χ1v) is 6.21. The van der Waals surface area contributed by atoms with Gasteiger partial charge in [0.15, 0.2) is 11.5 Å². The highest BCUT2D eigenvalue weighted by Gasteiger charge is 2.15. The Morgan fingerprint density at radius 3 is 2.79 bits per heavy atom. The van der Waals surface area contributed by atoms with Gasteiger partial charge in [0.25, 0.3) is 0 Å². The summed E-state index contributed by atoms with van der Waals surface area (Å²) in [6, 6.07) is 5.32. The van der Waals surface area contributed by atoms with Gasteiger partial charge in [0.2, 0.25) is 0 Å². The normalized spacial score (nSPS) is 10.5. The van der Waals surface area contributed by atoms with Gasteiger partial charge >= 0.3 is 5.97 Å². The predicted molar refractivity (Wildman–Crippen MR) is 72.4 cm³/mol. The Morgan fingerprint density at radius 2 is 2.16 bits per heavy atom. The molecule has 6 heteroatoms. The van der Waals surface area contributed by atoms with E-state index in [1.807, 2.05) is 6.07 Å². The van der Waals surface area contributed by atoms with E-state index in [9.17, 15) is 4.79 Å². The predicted octanol–water partition coefficient (Wildman–Crippen LogP) is 2.58. The molecular weight excluding hydrogens is 270 g/mol. The third-order valence-electron chi connectivity index (χ3n) is 2.66. The van der Waals surface area contributed by atoms with E-state index in [4.69, 9.17) is 21.1 Å². The number of hydrogen-bond donors (Lipinski definition) is 1. The number of carbonyl (C=O) groups excluding carboxylic acids is 1. The maximum absolute atomic E-state index is 11.5. The van der Waals surface area contributed by atoms with E-state index in [1.54, 1.807) is 19.2 Å². The fourth-order valence-corrected chi connectivity index (χ4v) is 1.92. The highest BCUT2D eigenvalue weighted by atomic mass is 35.5. The van der Waals surface area contributed by atoms with Gasteiger partial charge in [-0.2, -0.15) is 0 Å². The van der Waals surface area contributed by atoms with Crippen LogP contribution in [0.15, 0.2) is 18.2 Å². The van der Waals surface area contributed by atoms with E-state index >= 15 is 0 Å². The number of methoxy groups -OCH3 is 2. The highest BCUT2D eigenvalue weighted by molar-refractivity contribution is 6.18. The molecule has 0 saturated carbocycles. The van der Waals surface area contributed by atoms with Gasteiger partial charge in [0, 0.05) is 5.39 Å². The lowest BCUT2D eigenvalue weighted by Crippen LogP contribution is -2.01. The number of benzene rings is 1. The van der Waals surface area contributed by atoms with Crippen molar-refractivity contribution >= 4 is 28.5 Å². The number of fused-ring (bicyclic) bond motifs is 1. The van der Waals surface area contributed by atoms with Crippen LogP contribution in [-0.2, 0) is 4.74 Å². The van der Waals surface area contributed by atoms with Gasteiger partial charge in [0.1, 0.15) is 12.3 Å². The molecule has 0 radical (unpaired) electrons. The molecule has 1 N–H and O–H groups in total. The zero-order valence-corrected chi connectivity index (χ0v) is 11.4. The minimum atomic E-state index is -0.429. The molecule has 0 fully saturated rings. The minimum Gasteiger partial charge on any atom is -0.491 e. The lowest BCUT2D eigenvalue weighted by molar-refractivity contribution is 0.0595. The van der Waals surface area contributed by atoms with Gasteiger partial charge < -0.3 is 19.2 Å². The number of H-pyrrole nitrogens is 1. The van der Waals surface area contributed by atoms with Crippen LogP contribution < -0.4 is 9.47 Å². The van der Waals surface area contributed by atoms with Gasteiger partial charge in [-0.3, -0.25) is 0 Å². The topological polar surface area (TPSA) is 60.6 Å². The maximum Gasteiger partial charge on any atom is 0.354 e. The second-order valence-corrected chi connectivity index (χ2v) is 4.15. The standard InChI is InChI=1S/C13H14ClNO4/c1-17-12-10(19-6-5-14)4-3-8-7-9(13(16)18-2)15-11(8)12/h3-4,7,15H,5-6H2,1-2H3. The van der Waals surface area contributed by atoms with Crippen LogP contribution in [0.1, 0.15) is 10.5 Å². The summed E-state index contributed by atoms with van der Waals surface area (Å²) in [5, 5.41) is 0.843. The van der Waals surface area contributed by atoms with Crippen LogP contribution in [0.4, 0.5) is 0 Å². The molecule has 0 aliphatic rings. The smallest absolute Gasteiger partial charge is 0.354 e. The Labute approximate surface area is 115 Å². The highest BCUT2D eigenvalue weighted by Crippen LogP contribution is 2.35. The second kappa shape index (κ2) is 5.84. The minimum absolute atomic E-state index is 0.366. The number of hydrogen-bond acceptors (Lipinski definition) is 4. The SMILES string of the molecule is COC(=O)c1cc2ccc(OCCCl)c(OC)c2[nH]1. The molecule has 0 aliphatic carbocycles. The largest absolute Gasteiger partial charge is 0.491 e. The first-order chi connectivity index (χ1) is 9.21. The van der Waals surface area contributed by atoms with Crippen LogP contribution in [0.5, 0.6) is 11.5 Å². The van der Waals surface area contributed by atoms with Crippen LogP contribution in [0, 0.1) is 0 Å². The van der Waals surface area contributed by atoms with Gasteiger partial charge in [-0.1, -0.05) is 0 Å². The summed E-state index contributed by atoms with van der Waals surface area (Å²) in [4.78, 5) is 14.5. The Bertz CT molecular complexity index is 594. The summed E-state index contributed by atoms with van der Waals surface area (Å²) in [6.45, 7) is 0.383. The Balaban J connectivity index is 2.49. The molecule has 0 spiro atoms. The van der Waals surface area contributed by atoms with Gasteiger partial charge in [-0.05, 0) is 18.2 Å². The van der Waals surface area contributed by atoms with Crippen LogP contribution >= 0.6 is 11.6 Å². The number of alkyl halides is 1. The zero-order chi connectivity index (χ0) is 13.8. The van der Waals surface area contributed by atoms with Crippen LogP contribution in [-0.4, -0.2) is 37.7 Å². The molecule has 0 bridgehead atoms. The second-order valence-electron chi connectivity index (χ2n) is 3.77. The van der Waals surface area contributed by atoms with Crippen LogP contribution in [0.2, 0.25) is 0 Å². The van der Waals surface area contributed by atoms with Crippen LogP contribution in [0.25, 0.3) is 10.9 Å². The summed E-state index contributed by atoms with van der Waals surface area (Å²) in [5.74, 6) is 1.08. The lowest BCUT2D eigenvalue weighted by Gasteiger charge is -2.10. The molecule has 1 aromatic heterocycles. The van der Waals surface area contributed by atoms with Crippen molar-refractivity contribution in [2.75, 3.05) is 26.7 Å². The fourth-order valence-electron chi connectivity index (χ4n) is 1.84. The number of esters is 1. The summed E-state index contributed by atoms with van der Waals surface area (Å²) < 4.78 is 15.5. The van der Waals surface area contributed by atoms with Crippen molar-refractivity contribution in [2.24, 2.45) is 0 Å². The number of halogens is 1. The molecule has 2 aromatic rings. The van der Waals surface area contributed by atoms with E-state index in [0.29, 0.717) is 35.2 Å². The average Bonchev–Trinajstić information content (AvgIpc) is 2.87. The Morgan fingerprint density at radius 1 is 1.37 bits per heavy atom. The van der Waals surface area contributed by atoms with E-state index in [-0.39, 0.29) is 0 Å². The van der Waals surface area contributed by atoms with Crippen molar-refractivity contribution in [2.45, 2.75) is 0 Å². The van der Waals surface area contributed by atoms with Crippen molar-refractivity contribution in [3.05, 3.63) is 23.9 Å². The summed E-state index contributed by atoms with van der Waals surface area (Å²) in [5.41, 5.74) is 1.06. The molecule has 102 valence electrons. The van der Waals surface area contributed by atoms with Crippen molar-refractivity contribution in [3.8, 4) is 11.5 Å². The maximum atomic E-state index is 11.5. The molecule has 2 rings (SSSR count). The van der Waals surface area contributed by atoms with Gasteiger partial charge in [-0.15, -0.1) is 11.6 Å². The molecule has 1 heterocycles. The van der Waals surface area contributed by atoms with Gasteiger partial charge in [0.05, 0.1) is 25.6 Å². The molecule has 0 aliphatic heterocycles. The number of aromatic nitrogens is 1. The van der Waals surface area contributed by atoms with E-state index in [0.717, 1.165) is 5.39 Å². The van der Waals surface area contributed by atoms with Crippen molar-refractivity contribution < 1.29 is 19.0 Å². The number of rotatable bonds is 5. The van der Waals surface area contributed by atoms with Crippen LogP contribution in [0.3, 0.4) is 0 Å². The first-order valence-electron chi connectivity index (χ1n) is 5.68. The van der Waals surface area contributed by atoms with Gasteiger partial charge in [-0.25, -0.2) is 4.79 Å². The first kappa shape index (κ1) is 13.5. The molecule has 19 heavy (non-hydrogen) atoms. The molecule has 0 saturated heterocycles. The molecule has 0 amide bonds. The fraction of sp³-hybridized carbons (Fsp3) is 0.308. The molecule has 0 atom stereocenters. The zero-order valence-electron chi connectivity index (χ0n) is 10.7. The van der Waals surface area contributed by atoms with E-state index in [1.165, 1.54) is 7.11 Å². The van der Waals surface area contributed by atoms with Crippen molar-refractivity contribution in [1.29, 1.82) is 0 Å². The number of aromatic amines is 1. The molecule has 0 unspecified atom stereocenters. The molecule has 5 nitrogen and oxygen atoms in total.